The Kier molecular flexibility index (Phi) is 13.8. The first kappa shape index (κ1) is 44.2. The second-order valence-electron chi connectivity index (χ2n) is 16.9. The molecule has 16 nitrogen and oxygen atoms in total. The molecular formula is C48H57N9O7. The third-order valence-corrected chi connectivity index (χ3v) is 12.5. The van der Waals surface area contributed by atoms with E-state index in [4.69, 9.17) is 14.2 Å². The highest BCUT2D eigenvalue weighted by Gasteiger charge is 2.45. The Morgan fingerprint density at radius 1 is 0.891 bits per heavy atom. The van der Waals surface area contributed by atoms with Crippen LogP contribution in [0, 0.1) is 13.8 Å². The van der Waals surface area contributed by atoms with Crippen molar-refractivity contribution >= 4 is 51.9 Å². The van der Waals surface area contributed by atoms with Crippen molar-refractivity contribution in [1.29, 1.82) is 0 Å². The summed E-state index contributed by atoms with van der Waals surface area (Å²) in [4.78, 5) is 71.7. The molecule has 5 amide bonds. The number of rotatable bonds is 19. The molecule has 16 heteroatoms. The second kappa shape index (κ2) is 20.0. The van der Waals surface area contributed by atoms with Gasteiger partial charge in [-0.25, -0.2) is 4.98 Å². The van der Waals surface area contributed by atoms with Crippen molar-refractivity contribution in [3.8, 4) is 11.1 Å². The number of amides is 5. The molecule has 5 aromatic rings. The number of ether oxygens (including phenoxy) is 1. The third kappa shape index (κ3) is 9.87. The predicted octanol–water partition coefficient (Wildman–Crippen LogP) is 5.42. The van der Waals surface area contributed by atoms with Gasteiger partial charge in [0.2, 0.25) is 17.7 Å². The Morgan fingerprint density at radius 2 is 1.70 bits per heavy atom. The summed E-state index contributed by atoms with van der Waals surface area (Å²) in [7, 11) is 0. The Labute approximate surface area is 372 Å². The van der Waals surface area contributed by atoms with E-state index in [9.17, 15) is 24.0 Å². The van der Waals surface area contributed by atoms with Gasteiger partial charge < -0.3 is 29.8 Å². The fourth-order valence-electron chi connectivity index (χ4n) is 9.04. The van der Waals surface area contributed by atoms with Crippen LogP contribution in [0.2, 0.25) is 0 Å². The van der Waals surface area contributed by atoms with E-state index in [1.165, 1.54) is 5.56 Å². The zero-order valence-electron chi connectivity index (χ0n) is 36.8. The van der Waals surface area contributed by atoms with Gasteiger partial charge in [-0.15, -0.1) is 0 Å². The molecule has 0 saturated carbocycles. The number of morpholine rings is 1. The zero-order valence-corrected chi connectivity index (χ0v) is 36.8. The molecular weight excluding hydrogens is 815 g/mol. The van der Waals surface area contributed by atoms with Crippen LogP contribution in [0.3, 0.4) is 0 Å². The first-order valence-electron chi connectivity index (χ1n) is 22.5. The number of carbonyl (C=O) groups is 5. The average Bonchev–Trinajstić information content (AvgIpc) is 3.91. The number of anilines is 2. The predicted molar refractivity (Wildman–Crippen MR) is 242 cm³/mol. The normalized spacial score (nSPS) is 17.2. The molecule has 8 rings (SSSR count). The number of hydrogen-bond acceptors (Lipinski definition) is 12. The molecule has 2 saturated heterocycles. The largest absolute Gasteiger partial charge is 0.384 e. The van der Waals surface area contributed by atoms with Crippen LogP contribution in [-0.2, 0) is 38.5 Å². The van der Waals surface area contributed by atoms with Crippen molar-refractivity contribution in [1.82, 2.24) is 35.1 Å². The molecule has 64 heavy (non-hydrogen) atoms. The number of hydrogen-bond donors (Lipinski definition) is 4. The number of nitrogens with zero attached hydrogens (tertiary/aromatic N) is 5. The number of aromatic nitrogens is 3. The summed E-state index contributed by atoms with van der Waals surface area (Å²) in [5.74, 6) is -0.264. The molecule has 5 heterocycles. The number of fused-ring (bicyclic) bond motifs is 2. The molecule has 3 aliphatic heterocycles. The standard InChI is InChI=1S/C48H57N9O7/c1-30(55-24-26-63-27-25-55)29-56-39-17-14-34(44-31(2)54-64-32(44)3)28-38(39)52-41(56)19-13-33-11-15-35(16-12-33)49-22-23-51-42(58)10-5-4-6-21-50-37-9-7-8-36-45(37)48(62)57(47(36)61)40-18-20-43(59)53-46(40)60/h7-9,11-12,14-17,28,30,40,49-50H,4-6,10,13,18-27,29H2,1-3H3,(H,51,58)(H,53,59,60). The van der Waals surface area contributed by atoms with Gasteiger partial charge in [0.05, 0.1) is 41.1 Å². The van der Waals surface area contributed by atoms with Gasteiger partial charge in [-0.2, -0.15) is 0 Å². The number of carbonyl (C=O) groups excluding carboxylic acids is 5. The Hall–Kier alpha value is -6.39. The van der Waals surface area contributed by atoms with E-state index in [-0.39, 0.29) is 29.9 Å². The maximum atomic E-state index is 13.3. The zero-order chi connectivity index (χ0) is 44.7. The van der Waals surface area contributed by atoms with E-state index < -0.39 is 29.7 Å². The topological polar surface area (TPSA) is 193 Å². The van der Waals surface area contributed by atoms with E-state index >= 15 is 0 Å². The Morgan fingerprint density at radius 3 is 2.47 bits per heavy atom. The second-order valence-corrected chi connectivity index (χ2v) is 16.9. The van der Waals surface area contributed by atoms with Gasteiger partial charge in [-0.3, -0.25) is 39.1 Å². The minimum atomic E-state index is -1.01. The van der Waals surface area contributed by atoms with Crippen LogP contribution in [0.5, 0.6) is 0 Å². The molecule has 3 aliphatic rings. The summed E-state index contributed by atoms with van der Waals surface area (Å²) in [5.41, 5.74) is 8.26. The van der Waals surface area contributed by atoms with Crippen molar-refractivity contribution in [2.75, 3.05) is 56.6 Å². The highest BCUT2D eigenvalue weighted by atomic mass is 16.5. The fraction of sp³-hybridized carbons (Fsp3) is 0.438. The lowest BCUT2D eigenvalue weighted by Crippen LogP contribution is -2.54. The number of imidazole rings is 1. The Bertz CT molecular complexity index is 2500. The maximum absolute atomic E-state index is 13.3. The lowest BCUT2D eigenvalue weighted by molar-refractivity contribution is -0.136. The van der Waals surface area contributed by atoms with E-state index in [1.807, 2.05) is 13.8 Å². The third-order valence-electron chi connectivity index (χ3n) is 12.5. The molecule has 0 radical (unpaired) electrons. The van der Waals surface area contributed by atoms with Crippen LogP contribution in [0.25, 0.3) is 22.2 Å². The van der Waals surface area contributed by atoms with Crippen LogP contribution in [0.15, 0.2) is 65.2 Å². The van der Waals surface area contributed by atoms with Gasteiger partial charge in [-0.1, -0.05) is 35.8 Å². The average molecular weight is 872 g/mol. The van der Waals surface area contributed by atoms with Gasteiger partial charge in [-0.05, 0) is 94.0 Å². The molecule has 0 bridgehead atoms. The molecule has 3 aromatic carbocycles. The molecule has 2 atom stereocenters. The van der Waals surface area contributed by atoms with Crippen molar-refractivity contribution in [3.63, 3.8) is 0 Å². The van der Waals surface area contributed by atoms with E-state index in [2.05, 4.69) is 85.3 Å². The molecule has 2 aromatic heterocycles. The molecule has 4 N–H and O–H groups in total. The number of imide groups is 2. The highest BCUT2D eigenvalue weighted by molar-refractivity contribution is 6.25. The van der Waals surface area contributed by atoms with Crippen molar-refractivity contribution in [2.24, 2.45) is 0 Å². The van der Waals surface area contributed by atoms with Crippen molar-refractivity contribution < 1.29 is 33.2 Å². The first-order valence-corrected chi connectivity index (χ1v) is 22.5. The molecule has 0 aliphatic carbocycles. The number of aryl methyl sites for hydroxylation is 4. The lowest BCUT2D eigenvalue weighted by atomic mass is 10.0. The molecule has 336 valence electrons. The van der Waals surface area contributed by atoms with Gasteiger partial charge in [0.1, 0.15) is 17.6 Å². The molecule has 2 unspecified atom stereocenters. The number of unbranched alkanes of at least 4 members (excludes halogenated alkanes) is 2. The summed E-state index contributed by atoms with van der Waals surface area (Å²) >= 11 is 0. The quantitative estimate of drug-likeness (QED) is 0.0610. The van der Waals surface area contributed by atoms with Gasteiger partial charge in [0, 0.05) is 81.5 Å². The first-order chi connectivity index (χ1) is 31.0. The summed E-state index contributed by atoms with van der Waals surface area (Å²) < 4.78 is 13.5. The summed E-state index contributed by atoms with van der Waals surface area (Å²) in [5, 5.41) is 16.0. The van der Waals surface area contributed by atoms with E-state index in [0.29, 0.717) is 44.2 Å². The van der Waals surface area contributed by atoms with Crippen LogP contribution < -0.4 is 21.3 Å². The van der Waals surface area contributed by atoms with Crippen LogP contribution in [0.1, 0.15) is 89.0 Å². The van der Waals surface area contributed by atoms with Gasteiger partial charge in [0.25, 0.3) is 11.8 Å². The summed E-state index contributed by atoms with van der Waals surface area (Å²) in [6.45, 7) is 12.1. The minimum Gasteiger partial charge on any atom is -0.384 e. The SMILES string of the molecule is Cc1noc(C)c1-c1ccc2c(c1)nc(CCc1ccc(NCCNC(=O)CCCCCNc3cccc4c3C(=O)N(C3CCC(=O)NC3=O)C4=O)cc1)n2CC(C)N1CCOCC1. The fourth-order valence-corrected chi connectivity index (χ4v) is 9.04. The smallest absolute Gasteiger partial charge is 0.264 e. The van der Waals surface area contributed by atoms with Gasteiger partial charge >= 0.3 is 0 Å². The van der Waals surface area contributed by atoms with Crippen molar-refractivity contribution in [2.45, 2.75) is 90.8 Å². The van der Waals surface area contributed by atoms with Crippen LogP contribution >= 0.6 is 0 Å². The molecule has 0 spiro atoms. The molecule has 2 fully saturated rings. The number of piperidine rings is 1. The van der Waals surface area contributed by atoms with Gasteiger partial charge in [0.15, 0.2) is 0 Å². The van der Waals surface area contributed by atoms with Crippen LogP contribution in [0.4, 0.5) is 11.4 Å². The van der Waals surface area contributed by atoms with E-state index in [0.717, 1.165) is 109 Å². The highest BCUT2D eigenvalue weighted by Crippen LogP contribution is 2.33. The van der Waals surface area contributed by atoms with Crippen molar-refractivity contribution in [3.05, 3.63) is 94.6 Å². The lowest BCUT2D eigenvalue weighted by Gasteiger charge is -2.32. The number of nitrogens with one attached hydrogen (secondary N) is 4. The minimum absolute atomic E-state index is 0.00562. The van der Waals surface area contributed by atoms with E-state index in [1.54, 1.807) is 18.2 Å². The van der Waals surface area contributed by atoms with Crippen LogP contribution in [-0.4, -0.2) is 112 Å². The summed E-state index contributed by atoms with van der Waals surface area (Å²) in [6, 6.07) is 19.3. The summed E-state index contributed by atoms with van der Waals surface area (Å²) in [6.07, 6.45) is 4.49. The monoisotopic (exact) mass is 871 g/mol. The maximum Gasteiger partial charge on any atom is 0.264 e. The number of benzene rings is 3. The Balaban J connectivity index is 0.759.